The number of hydrogen-bond donors (Lipinski definition) is 1. The summed E-state index contributed by atoms with van der Waals surface area (Å²) in [4.78, 5) is 14.4. The number of carbonyl (C=O) groups excluding carboxylic acids is 1. The van der Waals surface area contributed by atoms with Crippen LogP contribution in [0.1, 0.15) is 28.8 Å². The number of amides is 1. The number of benzene rings is 2. The summed E-state index contributed by atoms with van der Waals surface area (Å²) in [7, 11) is -1.24. The third-order valence-electron chi connectivity index (χ3n) is 4.97. The van der Waals surface area contributed by atoms with E-state index in [4.69, 9.17) is 0 Å². The average molecular weight is 402 g/mol. The lowest BCUT2D eigenvalue weighted by Gasteiger charge is -2.28. The second kappa shape index (κ2) is 8.65. The van der Waals surface area contributed by atoms with Gasteiger partial charge in [-0.25, -0.2) is 8.42 Å². The maximum Gasteiger partial charge on any atom is 0.251 e. The summed E-state index contributed by atoms with van der Waals surface area (Å²) >= 11 is 0. The molecule has 1 heterocycles. The lowest BCUT2D eigenvalue weighted by atomic mass is 10.2. The van der Waals surface area contributed by atoms with E-state index in [2.05, 4.69) is 41.4 Å². The van der Waals surface area contributed by atoms with Crippen molar-refractivity contribution in [1.82, 2.24) is 5.32 Å². The number of likely N-dealkylation sites (N-methyl/N-ethyl adjacent to an activating group) is 1. The molecule has 1 aliphatic heterocycles. The van der Waals surface area contributed by atoms with E-state index in [0.29, 0.717) is 37.3 Å². The molecule has 2 aromatic rings. The van der Waals surface area contributed by atoms with Crippen LogP contribution in [0.3, 0.4) is 0 Å². The minimum absolute atomic E-state index is 0.162. The van der Waals surface area contributed by atoms with Gasteiger partial charge in [0, 0.05) is 37.9 Å². The van der Waals surface area contributed by atoms with E-state index in [0.717, 1.165) is 12.1 Å². The molecule has 0 aliphatic carbocycles. The molecule has 1 fully saturated rings. The van der Waals surface area contributed by atoms with E-state index in [1.54, 1.807) is 24.3 Å². The molecule has 1 saturated heterocycles. The Morgan fingerprint density at radius 3 is 2.39 bits per heavy atom. The topological polar surface area (TPSA) is 69.7 Å². The van der Waals surface area contributed by atoms with Crippen molar-refractivity contribution in [3.63, 3.8) is 0 Å². The Labute approximate surface area is 167 Å². The van der Waals surface area contributed by atoms with Crippen LogP contribution in [0, 0.1) is 6.92 Å². The zero-order valence-electron chi connectivity index (χ0n) is 16.4. The lowest BCUT2D eigenvalue weighted by molar-refractivity contribution is 0.0954. The van der Waals surface area contributed by atoms with Crippen LogP contribution in [-0.4, -0.2) is 46.8 Å². The molecular weight excluding hydrogens is 374 g/mol. The molecule has 3 rings (SSSR count). The van der Waals surface area contributed by atoms with Gasteiger partial charge in [-0.05, 0) is 56.2 Å². The Balaban J connectivity index is 1.54. The average Bonchev–Trinajstić information content (AvgIpc) is 2.68. The highest BCUT2D eigenvalue weighted by Crippen LogP contribution is 2.23. The smallest absolute Gasteiger partial charge is 0.251 e. The van der Waals surface area contributed by atoms with Gasteiger partial charge >= 0.3 is 0 Å². The Morgan fingerprint density at radius 2 is 1.75 bits per heavy atom. The first-order valence-corrected chi connectivity index (χ1v) is 11.1. The second-order valence-electron chi connectivity index (χ2n) is 7.16. The van der Waals surface area contributed by atoms with Gasteiger partial charge in [0.2, 0.25) is 10.0 Å². The third kappa shape index (κ3) is 4.84. The van der Waals surface area contributed by atoms with Gasteiger partial charge in [-0.3, -0.25) is 9.10 Å². The number of anilines is 2. The first-order valence-electron chi connectivity index (χ1n) is 9.53. The number of sulfonamides is 1. The van der Waals surface area contributed by atoms with Crippen molar-refractivity contribution in [2.45, 2.75) is 19.8 Å². The van der Waals surface area contributed by atoms with E-state index in [-0.39, 0.29) is 11.7 Å². The zero-order valence-corrected chi connectivity index (χ0v) is 17.2. The molecule has 0 saturated carbocycles. The molecule has 0 aromatic heterocycles. The fourth-order valence-corrected chi connectivity index (χ4v) is 4.86. The fraction of sp³-hybridized carbons (Fsp3) is 0.381. The molecule has 1 amide bonds. The first kappa shape index (κ1) is 20.2. The molecular formula is C21H27N3O3S. The van der Waals surface area contributed by atoms with Crippen molar-refractivity contribution in [3.8, 4) is 0 Å². The van der Waals surface area contributed by atoms with Crippen molar-refractivity contribution in [1.29, 1.82) is 0 Å². The Bertz CT molecular complexity index is 909. The molecule has 7 heteroatoms. The van der Waals surface area contributed by atoms with E-state index in [1.807, 2.05) is 7.05 Å². The van der Waals surface area contributed by atoms with Crippen molar-refractivity contribution in [3.05, 3.63) is 59.7 Å². The van der Waals surface area contributed by atoms with Crippen LogP contribution in [0.2, 0.25) is 0 Å². The highest BCUT2D eigenvalue weighted by atomic mass is 32.2. The van der Waals surface area contributed by atoms with Crippen molar-refractivity contribution < 1.29 is 13.2 Å². The molecule has 0 atom stereocenters. The summed E-state index contributed by atoms with van der Waals surface area (Å²) in [5.74, 6) is 0.0226. The highest BCUT2D eigenvalue weighted by molar-refractivity contribution is 7.92. The fourth-order valence-electron chi connectivity index (χ4n) is 3.23. The van der Waals surface area contributed by atoms with E-state index >= 15 is 0 Å². The lowest BCUT2D eigenvalue weighted by Crippen LogP contribution is -2.37. The maximum atomic E-state index is 12.4. The van der Waals surface area contributed by atoms with Crippen molar-refractivity contribution in [2.75, 3.05) is 41.6 Å². The Morgan fingerprint density at radius 1 is 1.07 bits per heavy atom. The summed E-state index contributed by atoms with van der Waals surface area (Å²) in [6, 6.07) is 15.0. The van der Waals surface area contributed by atoms with Crippen LogP contribution < -0.4 is 14.5 Å². The van der Waals surface area contributed by atoms with Gasteiger partial charge in [0.25, 0.3) is 5.91 Å². The Kier molecular flexibility index (Phi) is 6.24. The predicted molar refractivity (Wildman–Crippen MR) is 114 cm³/mol. The zero-order chi connectivity index (χ0) is 20.1. The van der Waals surface area contributed by atoms with E-state index < -0.39 is 10.0 Å². The summed E-state index contributed by atoms with van der Waals surface area (Å²) in [6.45, 7) is 3.76. The number of aryl methyl sites for hydroxylation is 1. The number of hydrogen-bond acceptors (Lipinski definition) is 4. The molecule has 2 aromatic carbocycles. The number of nitrogens with one attached hydrogen (secondary N) is 1. The van der Waals surface area contributed by atoms with Gasteiger partial charge in [0.15, 0.2) is 0 Å². The molecule has 150 valence electrons. The molecule has 0 unspecified atom stereocenters. The predicted octanol–water partition coefficient (Wildman–Crippen LogP) is 2.79. The number of nitrogens with zero attached hydrogens (tertiary/aromatic N) is 2. The molecule has 0 bridgehead atoms. The summed E-state index contributed by atoms with van der Waals surface area (Å²) in [5, 5.41) is 2.91. The van der Waals surface area contributed by atoms with Gasteiger partial charge in [0.05, 0.1) is 11.4 Å². The molecule has 28 heavy (non-hydrogen) atoms. The quantitative estimate of drug-likeness (QED) is 0.808. The third-order valence-corrected chi connectivity index (χ3v) is 6.84. The number of carbonyl (C=O) groups is 1. The largest absolute Gasteiger partial charge is 0.373 e. The molecule has 0 spiro atoms. The van der Waals surface area contributed by atoms with Crippen LogP contribution in [-0.2, 0) is 10.0 Å². The van der Waals surface area contributed by atoms with Gasteiger partial charge < -0.3 is 10.2 Å². The Hall–Kier alpha value is -2.54. The molecule has 0 radical (unpaired) electrons. The van der Waals surface area contributed by atoms with Crippen LogP contribution in [0.4, 0.5) is 11.4 Å². The standard InChI is InChI=1S/C21H27N3O3S/c1-17-5-9-19(10-6-17)23(2)15-13-22-21(25)18-7-11-20(12-8-18)24-14-3-4-16-28(24,26)27/h5-12H,3-4,13-16H2,1-2H3,(H,22,25). The van der Waals surface area contributed by atoms with Crippen LogP contribution in [0.5, 0.6) is 0 Å². The van der Waals surface area contributed by atoms with Gasteiger partial charge in [-0.2, -0.15) is 0 Å². The van der Waals surface area contributed by atoms with Gasteiger partial charge in [-0.1, -0.05) is 17.7 Å². The SMILES string of the molecule is Cc1ccc(N(C)CCNC(=O)c2ccc(N3CCCCS3(=O)=O)cc2)cc1. The summed E-state index contributed by atoms with van der Waals surface area (Å²) < 4.78 is 25.8. The van der Waals surface area contributed by atoms with Gasteiger partial charge in [0.1, 0.15) is 0 Å². The molecule has 1 aliphatic rings. The molecule has 1 N–H and O–H groups in total. The second-order valence-corrected chi connectivity index (χ2v) is 9.17. The van der Waals surface area contributed by atoms with Crippen LogP contribution in [0.15, 0.2) is 48.5 Å². The van der Waals surface area contributed by atoms with E-state index in [1.165, 1.54) is 9.87 Å². The van der Waals surface area contributed by atoms with Crippen LogP contribution in [0.25, 0.3) is 0 Å². The van der Waals surface area contributed by atoms with Crippen molar-refractivity contribution >= 4 is 27.3 Å². The van der Waals surface area contributed by atoms with Crippen molar-refractivity contribution in [2.24, 2.45) is 0 Å². The minimum Gasteiger partial charge on any atom is -0.373 e. The number of rotatable bonds is 6. The van der Waals surface area contributed by atoms with Crippen LogP contribution >= 0.6 is 0 Å². The highest BCUT2D eigenvalue weighted by Gasteiger charge is 2.25. The summed E-state index contributed by atoms with van der Waals surface area (Å²) in [5.41, 5.74) is 3.46. The first-order chi connectivity index (χ1) is 13.4. The van der Waals surface area contributed by atoms with E-state index in [9.17, 15) is 13.2 Å². The monoisotopic (exact) mass is 401 g/mol. The minimum atomic E-state index is -3.24. The van der Waals surface area contributed by atoms with Gasteiger partial charge in [-0.15, -0.1) is 0 Å². The maximum absolute atomic E-state index is 12.4. The normalized spacial score (nSPS) is 15.9. The summed E-state index contributed by atoms with van der Waals surface area (Å²) in [6.07, 6.45) is 1.56. The molecule has 6 nitrogen and oxygen atoms in total.